The van der Waals surface area contributed by atoms with Gasteiger partial charge in [-0.15, -0.1) is 0 Å². The van der Waals surface area contributed by atoms with Crippen LogP contribution in [0.25, 0.3) is 0 Å². The molecule has 0 aliphatic carbocycles. The molecule has 0 aliphatic heterocycles. The Balaban J connectivity index is 0.00000338. The van der Waals surface area contributed by atoms with E-state index in [1.165, 1.54) is 0 Å². The molecular formula is C21H26NNaO3. The Morgan fingerprint density at radius 1 is 0.769 bits per heavy atom. The van der Waals surface area contributed by atoms with Crippen LogP contribution in [0.4, 0.5) is 5.69 Å². The molecule has 2 aromatic rings. The fraction of sp³-hybridized carbons (Fsp3) is 0.333. The molecule has 4 nitrogen and oxygen atoms in total. The summed E-state index contributed by atoms with van der Waals surface area (Å²) in [7, 11) is 0. The quantitative estimate of drug-likeness (QED) is 0.510. The molecule has 0 bridgehead atoms. The molecule has 0 aliphatic rings. The molecular weight excluding hydrogens is 337 g/mol. The van der Waals surface area contributed by atoms with E-state index in [1.54, 1.807) is 0 Å². The molecule has 0 saturated carbocycles. The number of aliphatic carboxylic acids is 1. The molecule has 0 unspecified atom stereocenters. The third-order valence-electron chi connectivity index (χ3n) is 4.11. The second kappa shape index (κ2) is 12.7. The predicted molar refractivity (Wildman–Crippen MR) is 107 cm³/mol. The van der Waals surface area contributed by atoms with Gasteiger partial charge in [0.2, 0.25) is 0 Å². The molecule has 0 fully saturated rings. The van der Waals surface area contributed by atoms with Crippen LogP contribution in [0.2, 0.25) is 0 Å². The molecule has 134 valence electrons. The van der Waals surface area contributed by atoms with Crippen LogP contribution in [-0.4, -0.2) is 53.1 Å². The number of anilines is 1. The maximum absolute atomic E-state index is 12.8. The molecule has 2 aromatic carbocycles. The third-order valence-corrected chi connectivity index (χ3v) is 4.11. The maximum atomic E-state index is 12.8. The first-order valence-electron chi connectivity index (χ1n) is 8.82. The normalized spacial score (nSPS) is 10.0. The van der Waals surface area contributed by atoms with Gasteiger partial charge in [0.05, 0.1) is 0 Å². The average Bonchev–Trinajstić information content (AvgIpc) is 2.65. The summed E-state index contributed by atoms with van der Waals surface area (Å²) in [5, 5.41) is 8.64. The number of carboxylic acid groups (broad SMARTS) is 1. The van der Waals surface area contributed by atoms with Crippen molar-refractivity contribution in [1.29, 1.82) is 0 Å². The van der Waals surface area contributed by atoms with Crippen molar-refractivity contribution in [2.24, 2.45) is 0 Å². The van der Waals surface area contributed by atoms with E-state index < -0.39 is 5.97 Å². The van der Waals surface area contributed by atoms with Crippen LogP contribution in [0, 0.1) is 0 Å². The molecule has 1 amide bonds. The SMILES string of the molecule is O=C(O)CCCCCCCN(C(=O)c1ccccc1)c1ccccc1.[NaH]. The molecule has 0 saturated heterocycles. The minimum atomic E-state index is -0.733. The number of unbranched alkanes of at least 4 members (excludes halogenated alkanes) is 4. The summed E-state index contributed by atoms with van der Waals surface area (Å²) in [5.74, 6) is -0.721. The van der Waals surface area contributed by atoms with Gasteiger partial charge in [-0.3, -0.25) is 9.59 Å². The van der Waals surface area contributed by atoms with Gasteiger partial charge in [0.15, 0.2) is 0 Å². The van der Waals surface area contributed by atoms with Crippen molar-refractivity contribution in [2.75, 3.05) is 11.4 Å². The van der Waals surface area contributed by atoms with Gasteiger partial charge in [0.25, 0.3) is 5.91 Å². The molecule has 26 heavy (non-hydrogen) atoms. The van der Waals surface area contributed by atoms with Crippen LogP contribution in [0.5, 0.6) is 0 Å². The fourth-order valence-electron chi connectivity index (χ4n) is 2.77. The van der Waals surface area contributed by atoms with Gasteiger partial charge in [-0.1, -0.05) is 55.7 Å². The number of hydrogen-bond donors (Lipinski definition) is 1. The molecule has 0 heterocycles. The number of rotatable bonds is 10. The number of carboxylic acids is 1. The second-order valence-electron chi connectivity index (χ2n) is 6.07. The van der Waals surface area contributed by atoms with E-state index in [4.69, 9.17) is 5.11 Å². The first-order chi connectivity index (χ1) is 12.2. The van der Waals surface area contributed by atoms with Crippen molar-refractivity contribution < 1.29 is 14.7 Å². The molecule has 0 spiro atoms. The zero-order valence-electron chi connectivity index (χ0n) is 14.4. The van der Waals surface area contributed by atoms with Gasteiger partial charge in [-0.25, -0.2) is 0 Å². The Labute approximate surface area is 177 Å². The molecule has 5 heteroatoms. The van der Waals surface area contributed by atoms with Crippen molar-refractivity contribution in [2.45, 2.75) is 38.5 Å². The van der Waals surface area contributed by atoms with Crippen LogP contribution in [0.15, 0.2) is 60.7 Å². The van der Waals surface area contributed by atoms with E-state index in [1.807, 2.05) is 65.6 Å². The number of carbonyl (C=O) groups is 2. The van der Waals surface area contributed by atoms with E-state index in [0.29, 0.717) is 12.1 Å². The van der Waals surface area contributed by atoms with Gasteiger partial charge >= 0.3 is 35.5 Å². The number of benzene rings is 2. The second-order valence-corrected chi connectivity index (χ2v) is 6.07. The zero-order valence-corrected chi connectivity index (χ0v) is 14.4. The topological polar surface area (TPSA) is 57.6 Å². The summed E-state index contributed by atoms with van der Waals surface area (Å²) in [4.78, 5) is 25.2. The first-order valence-corrected chi connectivity index (χ1v) is 8.82. The first kappa shape index (κ1) is 22.4. The fourth-order valence-corrected chi connectivity index (χ4v) is 2.77. The number of nitrogens with zero attached hydrogens (tertiary/aromatic N) is 1. The van der Waals surface area contributed by atoms with Gasteiger partial charge in [-0.05, 0) is 37.1 Å². The Morgan fingerprint density at radius 2 is 1.31 bits per heavy atom. The van der Waals surface area contributed by atoms with Gasteiger partial charge < -0.3 is 10.0 Å². The van der Waals surface area contributed by atoms with Gasteiger partial charge in [0, 0.05) is 24.2 Å². The molecule has 0 aromatic heterocycles. The van der Waals surface area contributed by atoms with Crippen molar-refractivity contribution in [3.05, 3.63) is 66.2 Å². The van der Waals surface area contributed by atoms with Gasteiger partial charge in [0.1, 0.15) is 0 Å². The van der Waals surface area contributed by atoms with Crippen LogP contribution in [0.1, 0.15) is 48.9 Å². The Hall–Kier alpha value is -1.62. The van der Waals surface area contributed by atoms with Crippen molar-refractivity contribution in [1.82, 2.24) is 0 Å². The average molecular weight is 363 g/mol. The van der Waals surface area contributed by atoms with Crippen LogP contribution in [-0.2, 0) is 4.79 Å². The van der Waals surface area contributed by atoms with Crippen LogP contribution >= 0.6 is 0 Å². The van der Waals surface area contributed by atoms with E-state index in [2.05, 4.69) is 0 Å². The number of hydrogen-bond acceptors (Lipinski definition) is 2. The van der Waals surface area contributed by atoms with Crippen LogP contribution in [0.3, 0.4) is 0 Å². The predicted octanol–water partition coefficient (Wildman–Crippen LogP) is 4.11. The van der Waals surface area contributed by atoms with E-state index in [9.17, 15) is 9.59 Å². The summed E-state index contributed by atoms with van der Waals surface area (Å²) in [6, 6.07) is 19.0. The Bertz CT molecular complexity index is 661. The third kappa shape index (κ3) is 7.73. The molecule has 0 atom stereocenters. The summed E-state index contributed by atoms with van der Waals surface area (Å²) < 4.78 is 0. The molecule has 0 radical (unpaired) electrons. The van der Waals surface area contributed by atoms with Crippen LogP contribution < -0.4 is 4.90 Å². The molecule has 2 rings (SSSR count). The standard InChI is InChI=1S/C21H25NO3.Na.H/c23-20(24)16-10-2-1-3-11-17-22(19-14-8-5-9-15-19)21(25)18-12-6-4-7-13-18;;/h4-9,12-15H,1-3,10-11,16-17H2,(H,23,24);;. The van der Waals surface area contributed by atoms with Crippen molar-refractivity contribution in [3.8, 4) is 0 Å². The summed E-state index contributed by atoms with van der Waals surface area (Å²) in [5.41, 5.74) is 1.59. The zero-order chi connectivity index (χ0) is 17.9. The Kier molecular flexibility index (Phi) is 10.9. The number of para-hydroxylation sites is 1. The summed E-state index contributed by atoms with van der Waals surface area (Å²) in [6.07, 6.45) is 4.77. The monoisotopic (exact) mass is 363 g/mol. The van der Waals surface area contributed by atoms with E-state index in [-0.39, 0.29) is 41.9 Å². The van der Waals surface area contributed by atoms with Gasteiger partial charge in [-0.2, -0.15) is 0 Å². The van der Waals surface area contributed by atoms with E-state index >= 15 is 0 Å². The summed E-state index contributed by atoms with van der Waals surface area (Å²) in [6.45, 7) is 0.663. The number of amides is 1. The Morgan fingerprint density at radius 3 is 1.92 bits per heavy atom. The minimum absolute atomic E-state index is 0. The van der Waals surface area contributed by atoms with Crippen molar-refractivity contribution in [3.63, 3.8) is 0 Å². The summed E-state index contributed by atoms with van der Waals surface area (Å²) >= 11 is 0. The number of carbonyl (C=O) groups excluding carboxylic acids is 1. The van der Waals surface area contributed by atoms with E-state index in [0.717, 1.165) is 37.8 Å². The van der Waals surface area contributed by atoms with Crippen molar-refractivity contribution >= 4 is 47.1 Å². The molecule has 1 N–H and O–H groups in total.